The van der Waals surface area contributed by atoms with E-state index in [4.69, 9.17) is 10.8 Å². The Bertz CT molecular complexity index is 390. The molecule has 0 aliphatic heterocycles. The highest BCUT2D eigenvalue weighted by Gasteiger charge is 2.19. The molecule has 6 heteroatoms. The molecular formula is C12H21N3O2S. The van der Waals surface area contributed by atoms with Crippen LogP contribution < -0.4 is 11.1 Å². The van der Waals surface area contributed by atoms with Gasteiger partial charge in [0, 0.05) is 25.1 Å². The molecule has 1 aromatic rings. The number of nitrogens with zero attached hydrogens (tertiary/aromatic N) is 1. The Balaban J connectivity index is 2.45. The minimum atomic E-state index is -0.164. The average molecular weight is 271 g/mol. The first kappa shape index (κ1) is 15.1. The van der Waals surface area contributed by atoms with E-state index in [1.165, 1.54) is 11.3 Å². The van der Waals surface area contributed by atoms with Crippen LogP contribution in [0.25, 0.3) is 0 Å². The average Bonchev–Trinajstić information content (AvgIpc) is 2.82. The largest absolute Gasteiger partial charge is 0.396 e. The third-order valence-corrected chi connectivity index (χ3v) is 3.57. The Hall–Kier alpha value is -0.980. The summed E-state index contributed by atoms with van der Waals surface area (Å²) in [6, 6.07) is 0. The van der Waals surface area contributed by atoms with Crippen LogP contribution in [-0.2, 0) is 6.54 Å². The van der Waals surface area contributed by atoms with Gasteiger partial charge in [0.05, 0.1) is 0 Å². The maximum Gasteiger partial charge on any atom is 0.270 e. The van der Waals surface area contributed by atoms with Gasteiger partial charge >= 0.3 is 0 Å². The predicted octanol–water partition coefficient (Wildman–Crippen LogP) is 1.13. The fourth-order valence-electron chi connectivity index (χ4n) is 1.57. The molecule has 0 unspecified atom stereocenters. The molecule has 0 spiro atoms. The van der Waals surface area contributed by atoms with Gasteiger partial charge in [0.25, 0.3) is 5.91 Å². The van der Waals surface area contributed by atoms with Crippen LogP contribution >= 0.6 is 11.3 Å². The number of carbonyl (C=O) groups is 1. The van der Waals surface area contributed by atoms with Crippen molar-refractivity contribution < 1.29 is 9.90 Å². The number of nitrogens with one attached hydrogen (secondary N) is 1. The van der Waals surface area contributed by atoms with Crippen molar-refractivity contribution in [2.24, 2.45) is 11.1 Å². The highest BCUT2D eigenvalue weighted by molar-refractivity contribution is 7.09. The molecule has 0 saturated carbocycles. The summed E-state index contributed by atoms with van der Waals surface area (Å²) in [4.78, 5) is 16.0. The van der Waals surface area contributed by atoms with E-state index in [-0.39, 0.29) is 17.9 Å². The van der Waals surface area contributed by atoms with E-state index >= 15 is 0 Å². The predicted molar refractivity (Wildman–Crippen MR) is 72.4 cm³/mol. The summed E-state index contributed by atoms with van der Waals surface area (Å²) >= 11 is 1.40. The van der Waals surface area contributed by atoms with Crippen molar-refractivity contribution in [3.05, 3.63) is 16.1 Å². The number of thiazole rings is 1. The maximum absolute atomic E-state index is 11.8. The van der Waals surface area contributed by atoms with E-state index in [0.717, 1.165) is 17.8 Å². The Morgan fingerprint density at radius 2 is 2.33 bits per heavy atom. The Kier molecular flexibility index (Phi) is 5.71. The summed E-state index contributed by atoms with van der Waals surface area (Å²) in [5.41, 5.74) is 5.86. The number of rotatable bonds is 7. The van der Waals surface area contributed by atoms with E-state index in [9.17, 15) is 4.79 Å². The van der Waals surface area contributed by atoms with Gasteiger partial charge < -0.3 is 16.2 Å². The molecule has 4 N–H and O–H groups in total. The summed E-state index contributed by atoms with van der Waals surface area (Å²) < 4.78 is 0. The van der Waals surface area contributed by atoms with Crippen molar-refractivity contribution in [1.82, 2.24) is 10.3 Å². The van der Waals surface area contributed by atoms with E-state index in [1.807, 2.05) is 0 Å². The van der Waals surface area contributed by atoms with E-state index < -0.39 is 0 Å². The van der Waals surface area contributed by atoms with Gasteiger partial charge in [0.15, 0.2) is 0 Å². The second-order valence-electron chi connectivity index (χ2n) is 5.00. The molecule has 5 nitrogen and oxygen atoms in total. The third-order valence-electron chi connectivity index (χ3n) is 2.70. The minimum Gasteiger partial charge on any atom is -0.396 e. The zero-order valence-corrected chi connectivity index (χ0v) is 11.7. The normalized spacial score (nSPS) is 11.6. The summed E-state index contributed by atoms with van der Waals surface area (Å²) in [6.07, 6.45) is 1.62. The van der Waals surface area contributed by atoms with Crippen molar-refractivity contribution in [2.75, 3.05) is 13.2 Å². The number of aliphatic hydroxyl groups excluding tert-OH is 1. The number of carbonyl (C=O) groups excluding carboxylic acids is 1. The molecule has 0 aliphatic rings. The second kappa shape index (κ2) is 6.82. The first-order valence-corrected chi connectivity index (χ1v) is 6.90. The van der Waals surface area contributed by atoms with Gasteiger partial charge in [-0.2, -0.15) is 0 Å². The first-order valence-electron chi connectivity index (χ1n) is 6.02. The number of hydrogen-bond donors (Lipinski definition) is 3. The fourth-order valence-corrected chi connectivity index (χ4v) is 2.22. The van der Waals surface area contributed by atoms with Crippen LogP contribution in [0.3, 0.4) is 0 Å². The van der Waals surface area contributed by atoms with Crippen molar-refractivity contribution in [2.45, 2.75) is 33.2 Å². The third kappa shape index (κ3) is 4.72. The van der Waals surface area contributed by atoms with Gasteiger partial charge in [-0.05, 0) is 18.3 Å². The van der Waals surface area contributed by atoms with Gasteiger partial charge in [-0.25, -0.2) is 4.98 Å². The van der Waals surface area contributed by atoms with Crippen LogP contribution in [0.1, 0.15) is 42.2 Å². The molecular weight excluding hydrogens is 250 g/mol. The number of aliphatic hydroxyl groups is 1. The lowest BCUT2D eigenvalue weighted by molar-refractivity contribution is 0.0928. The minimum absolute atomic E-state index is 0.0227. The number of hydrogen-bond acceptors (Lipinski definition) is 5. The lowest BCUT2D eigenvalue weighted by atomic mass is 9.88. The molecule has 0 radical (unpaired) electrons. The fraction of sp³-hybridized carbons (Fsp3) is 0.667. The molecule has 0 atom stereocenters. The highest BCUT2D eigenvalue weighted by Crippen LogP contribution is 2.21. The van der Waals surface area contributed by atoms with E-state index in [1.54, 1.807) is 5.38 Å². The SMILES string of the molecule is CC(C)(CCCO)CNC(=O)c1csc(CN)n1. The zero-order chi connectivity index (χ0) is 13.6. The van der Waals surface area contributed by atoms with Crippen LogP contribution in [0.2, 0.25) is 0 Å². The van der Waals surface area contributed by atoms with Crippen molar-refractivity contribution in [3.63, 3.8) is 0 Å². The lowest BCUT2D eigenvalue weighted by Gasteiger charge is -2.24. The highest BCUT2D eigenvalue weighted by atomic mass is 32.1. The summed E-state index contributed by atoms with van der Waals surface area (Å²) in [7, 11) is 0. The summed E-state index contributed by atoms with van der Waals surface area (Å²) in [5.74, 6) is -0.164. The van der Waals surface area contributed by atoms with Gasteiger partial charge in [-0.1, -0.05) is 13.8 Å². The Morgan fingerprint density at radius 1 is 1.61 bits per heavy atom. The van der Waals surface area contributed by atoms with Gasteiger partial charge in [-0.3, -0.25) is 4.79 Å². The number of aromatic nitrogens is 1. The first-order chi connectivity index (χ1) is 8.48. The molecule has 18 heavy (non-hydrogen) atoms. The molecule has 0 bridgehead atoms. The number of nitrogens with two attached hydrogens (primary N) is 1. The standard InChI is InChI=1S/C12H21N3O2S/c1-12(2,4-3-5-16)8-14-11(17)9-7-18-10(6-13)15-9/h7,16H,3-6,8,13H2,1-2H3,(H,14,17). The number of amides is 1. The summed E-state index contributed by atoms with van der Waals surface area (Å²) in [6.45, 7) is 5.25. The van der Waals surface area contributed by atoms with Crippen LogP contribution in [0.5, 0.6) is 0 Å². The Morgan fingerprint density at radius 3 is 2.89 bits per heavy atom. The van der Waals surface area contributed by atoms with Crippen LogP contribution in [0, 0.1) is 5.41 Å². The molecule has 0 fully saturated rings. The molecule has 0 saturated heterocycles. The van der Waals surface area contributed by atoms with E-state index in [0.29, 0.717) is 18.8 Å². The van der Waals surface area contributed by atoms with Gasteiger partial charge in [0.1, 0.15) is 10.7 Å². The van der Waals surface area contributed by atoms with E-state index in [2.05, 4.69) is 24.1 Å². The molecule has 1 rings (SSSR count). The van der Waals surface area contributed by atoms with Crippen molar-refractivity contribution in [1.29, 1.82) is 0 Å². The van der Waals surface area contributed by atoms with Gasteiger partial charge in [0.2, 0.25) is 0 Å². The van der Waals surface area contributed by atoms with Crippen LogP contribution in [-0.4, -0.2) is 29.1 Å². The molecule has 102 valence electrons. The van der Waals surface area contributed by atoms with Crippen LogP contribution in [0.15, 0.2) is 5.38 Å². The topological polar surface area (TPSA) is 88.2 Å². The quantitative estimate of drug-likeness (QED) is 0.693. The molecule has 1 amide bonds. The molecule has 0 aromatic carbocycles. The van der Waals surface area contributed by atoms with Gasteiger partial charge in [-0.15, -0.1) is 11.3 Å². The smallest absolute Gasteiger partial charge is 0.270 e. The second-order valence-corrected chi connectivity index (χ2v) is 5.95. The molecule has 1 heterocycles. The summed E-state index contributed by atoms with van der Waals surface area (Å²) in [5, 5.41) is 14.2. The monoisotopic (exact) mass is 271 g/mol. The van der Waals surface area contributed by atoms with Crippen molar-refractivity contribution >= 4 is 17.2 Å². The maximum atomic E-state index is 11.8. The molecule has 0 aliphatic carbocycles. The van der Waals surface area contributed by atoms with Crippen molar-refractivity contribution in [3.8, 4) is 0 Å². The lowest BCUT2D eigenvalue weighted by Crippen LogP contribution is -2.34. The Labute approximate surface area is 111 Å². The van der Waals surface area contributed by atoms with Crippen LogP contribution in [0.4, 0.5) is 0 Å². The zero-order valence-electron chi connectivity index (χ0n) is 10.9. The molecule has 1 aromatic heterocycles.